The van der Waals surface area contributed by atoms with Crippen molar-refractivity contribution >= 4 is 17.4 Å². The lowest BCUT2D eigenvalue weighted by atomic mass is 10.2. The van der Waals surface area contributed by atoms with Gasteiger partial charge in [-0.25, -0.2) is 4.98 Å². The van der Waals surface area contributed by atoms with Crippen molar-refractivity contribution in [3.05, 3.63) is 27.9 Å². The number of nitrogens with one attached hydrogen (secondary N) is 2. The quantitative estimate of drug-likeness (QED) is 0.598. The molecule has 0 fully saturated rings. The van der Waals surface area contributed by atoms with Gasteiger partial charge >= 0.3 is 5.69 Å². The van der Waals surface area contributed by atoms with Crippen LogP contribution in [0.3, 0.4) is 0 Å². The number of aromatic nitrogens is 1. The maximum absolute atomic E-state index is 11.4. The van der Waals surface area contributed by atoms with Gasteiger partial charge in [0, 0.05) is 12.2 Å². The van der Waals surface area contributed by atoms with Crippen LogP contribution < -0.4 is 10.6 Å². The Morgan fingerprint density at radius 1 is 1.63 bits per heavy atom. The Morgan fingerprint density at radius 3 is 2.84 bits per heavy atom. The number of rotatable bonds is 5. The fraction of sp³-hybridized carbons (Fsp3) is 0.364. The second kappa shape index (κ2) is 6.30. The van der Waals surface area contributed by atoms with Crippen LogP contribution >= 0.6 is 0 Å². The predicted molar refractivity (Wildman–Crippen MR) is 67.4 cm³/mol. The van der Waals surface area contributed by atoms with Gasteiger partial charge in [0.15, 0.2) is 0 Å². The van der Waals surface area contributed by atoms with Crippen molar-refractivity contribution in [2.24, 2.45) is 0 Å². The highest BCUT2D eigenvalue weighted by atomic mass is 16.6. The largest absolute Gasteiger partial charge is 0.355 e. The third kappa shape index (κ3) is 3.92. The van der Waals surface area contributed by atoms with Gasteiger partial charge in [0.2, 0.25) is 11.7 Å². The smallest absolute Gasteiger partial charge is 0.328 e. The lowest BCUT2D eigenvalue weighted by Crippen LogP contribution is -2.35. The maximum Gasteiger partial charge on any atom is 0.328 e. The second-order valence-corrected chi connectivity index (χ2v) is 4.00. The summed E-state index contributed by atoms with van der Waals surface area (Å²) in [5.74, 6) is -0.406. The van der Waals surface area contributed by atoms with E-state index in [0.717, 1.165) is 0 Å². The number of pyridine rings is 1. The molecule has 0 saturated carbocycles. The first-order valence-electron chi connectivity index (χ1n) is 5.52. The number of carbonyl (C=O) groups is 1. The van der Waals surface area contributed by atoms with Gasteiger partial charge in [0.05, 0.1) is 11.5 Å². The zero-order valence-electron chi connectivity index (χ0n) is 10.5. The third-order valence-electron chi connectivity index (χ3n) is 2.09. The lowest BCUT2D eigenvalue weighted by molar-refractivity contribution is -0.384. The summed E-state index contributed by atoms with van der Waals surface area (Å²) < 4.78 is 0. The first-order valence-corrected chi connectivity index (χ1v) is 5.52. The van der Waals surface area contributed by atoms with Crippen LogP contribution in [0, 0.1) is 21.4 Å². The molecule has 1 aromatic heterocycles. The van der Waals surface area contributed by atoms with Gasteiger partial charge in [-0.05, 0) is 19.9 Å². The fourth-order valence-corrected chi connectivity index (χ4v) is 1.40. The number of nitrogens with zero attached hydrogens (tertiary/aromatic N) is 3. The molecule has 8 heteroatoms. The minimum Gasteiger partial charge on any atom is -0.355 e. The highest BCUT2D eigenvalue weighted by Gasteiger charge is 2.21. The summed E-state index contributed by atoms with van der Waals surface area (Å²) in [5.41, 5.74) is -0.533. The minimum absolute atomic E-state index is 0.0253. The van der Waals surface area contributed by atoms with Crippen molar-refractivity contribution in [2.45, 2.75) is 19.9 Å². The number of nitro groups is 1. The Labute approximate surface area is 109 Å². The van der Waals surface area contributed by atoms with E-state index in [1.807, 2.05) is 0 Å². The van der Waals surface area contributed by atoms with Crippen LogP contribution in [0.1, 0.15) is 19.4 Å². The fourth-order valence-electron chi connectivity index (χ4n) is 1.40. The molecule has 1 aromatic rings. The van der Waals surface area contributed by atoms with Crippen LogP contribution in [0.15, 0.2) is 12.3 Å². The van der Waals surface area contributed by atoms with Crippen molar-refractivity contribution in [3.63, 3.8) is 0 Å². The molecule has 1 amide bonds. The van der Waals surface area contributed by atoms with E-state index in [-0.39, 0.29) is 29.9 Å². The standard InChI is InChI=1S/C11H13N5O3/c1-7(2)15-9(17)6-14-11-10(16(18)19)8(5-12)3-4-13-11/h3-4,7H,6H2,1-2H3,(H,13,14)(H,15,17). The van der Waals surface area contributed by atoms with E-state index in [1.54, 1.807) is 19.9 Å². The number of amides is 1. The van der Waals surface area contributed by atoms with Crippen LogP contribution in [0.25, 0.3) is 0 Å². The Morgan fingerprint density at radius 2 is 2.32 bits per heavy atom. The van der Waals surface area contributed by atoms with Gasteiger partial charge in [-0.1, -0.05) is 0 Å². The molecule has 2 N–H and O–H groups in total. The molecule has 0 spiro atoms. The normalized spacial score (nSPS) is 9.79. The zero-order valence-corrected chi connectivity index (χ0v) is 10.5. The van der Waals surface area contributed by atoms with E-state index in [1.165, 1.54) is 12.3 Å². The van der Waals surface area contributed by atoms with Gasteiger partial charge < -0.3 is 10.6 Å². The molecule has 0 aliphatic carbocycles. The summed E-state index contributed by atoms with van der Waals surface area (Å²) in [7, 11) is 0. The second-order valence-electron chi connectivity index (χ2n) is 4.00. The SMILES string of the molecule is CC(C)NC(=O)CNc1nccc(C#N)c1[N+](=O)[O-]. The van der Waals surface area contributed by atoms with Crippen LogP contribution in [0.4, 0.5) is 11.5 Å². The summed E-state index contributed by atoms with van der Waals surface area (Å²) in [6.45, 7) is 3.45. The van der Waals surface area contributed by atoms with Crippen LogP contribution in [-0.4, -0.2) is 28.4 Å². The topological polar surface area (TPSA) is 121 Å². The summed E-state index contributed by atoms with van der Waals surface area (Å²) in [6.07, 6.45) is 1.27. The van der Waals surface area contributed by atoms with Crippen LogP contribution in [0.2, 0.25) is 0 Å². The lowest BCUT2D eigenvalue weighted by Gasteiger charge is -2.09. The molecule has 19 heavy (non-hydrogen) atoms. The first-order chi connectivity index (χ1) is 8.95. The number of nitriles is 1. The molecule has 0 aliphatic rings. The number of anilines is 1. The molecular weight excluding hydrogens is 250 g/mol. The molecule has 0 atom stereocenters. The predicted octanol–water partition coefficient (Wildman–Crippen LogP) is 0.798. The highest BCUT2D eigenvalue weighted by molar-refractivity contribution is 5.81. The Bertz CT molecular complexity index is 536. The van der Waals surface area contributed by atoms with Crippen molar-refractivity contribution in [1.82, 2.24) is 10.3 Å². The van der Waals surface area contributed by atoms with Crippen LogP contribution in [0.5, 0.6) is 0 Å². The molecule has 0 unspecified atom stereocenters. The molecule has 8 nitrogen and oxygen atoms in total. The Hall–Kier alpha value is -2.69. The van der Waals surface area contributed by atoms with E-state index in [2.05, 4.69) is 15.6 Å². The van der Waals surface area contributed by atoms with E-state index < -0.39 is 10.6 Å². The molecule has 0 bridgehead atoms. The van der Waals surface area contributed by atoms with Gasteiger partial charge in [0.25, 0.3) is 0 Å². The van der Waals surface area contributed by atoms with Crippen molar-refractivity contribution in [2.75, 3.05) is 11.9 Å². The van der Waals surface area contributed by atoms with Gasteiger partial charge in [-0.3, -0.25) is 14.9 Å². The minimum atomic E-state index is -0.700. The third-order valence-corrected chi connectivity index (χ3v) is 2.09. The van der Waals surface area contributed by atoms with Gasteiger partial charge in [-0.15, -0.1) is 0 Å². The number of hydrogen-bond donors (Lipinski definition) is 2. The van der Waals surface area contributed by atoms with E-state index >= 15 is 0 Å². The summed E-state index contributed by atoms with van der Waals surface area (Å²) in [5, 5.41) is 24.9. The summed E-state index contributed by atoms with van der Waals surface area (Å²) in [6, 6.07) is 2.94. The number of carbonyl (C=O) groups excluding carboxylic acids is 1. The molecule has 1 rings (SSSR count). The summed E-state index contributed by atoms with van der Waals surface area (Å²) in [4.78, 5) is 25.4. The molecule has 0 radical (unpaired) electrons. The zero-order chi connectivity index (χ0) is 14.4. The highest BCUT2D eigenvalue weighted by Crippen LogP contribution is 2.25. The average Bonchev–Trinajstić information content (AvgIpc) is 2.34. The van der Waals surface area contributed by atoms with Crippen LogP contribution in [-0.2, 0) is 4.79 Å². The first kappa shape index (κ1) is 14.4. The Kier molecular flexibility index (Phi) is 4.76. The molecule has 100 valence electrons. The molecular formula is C11H13N5O3. The molecule has 1 heterocycles. The van der Waals surface area contributed by atoms with E-state index in [0.29, 0.717) is 0 Å². The van der Waals surface area contributed by atoms with E-state index in [4.69, 9.17) is 5.26 Å². The van der Waals surface area contributed by atoms with Crippen molar-refractivity contribution in [1.29, 1.82) is 5.26 Å². The molecule has 0 aliphatic heterocycles. The van der Waals surface area contributed by atoms with Gasteiger partial charge in [-0.2, -0.15) is 5.26 Å². The average molecular weight is 263 g/mol. The van der Waals surface area contributed by atoms with Gasteiger partial charge in [0.1, 0.15) is 11.6 Å². The monoisotopic (exact) mass is 263 g/mol. The van der Waals surface area contributed by atoms with E-state index in [9.17, 15) is 14.9 Å². The molecule has 0 saturated heterocycles. The summed E-state index contributed by atoms with van der Waals surface area (Å²) >= 11 is 0. The van der Waals surface area contributed by atoms with Crippen molar-refractivity contribution in [3.8, 4) is 6.07 Å². The molecule has 0 aromatic carbocycles. The maximum atomic E-state index is 11.4. The number of hydrogen-bond acceptors (Lipinski definition) is 6. The Balaban J connectivity index is 2.87. The van der Waals surface area contributed by atoms with Crippen molar-refractivity contribution < 1.29 is 9.72 Å².